The minimum Gasteiger partial charge on any atom is -0.399 e. The summed E-state index contributed by atoms with van der Waals surface area (Å²) in [6.45, 7) is 3.72. The quantitative estimate of drug-likeness (QED) is 0.448. The maximum absolute atomic E-state index is 9.54. The predicted octanol–water partition coefficient (Wildman–Crippen LogP) is 3.55. The number of rotatable bonds is 4. The largest absolute Gasteiger partial charge is 0.399 e. The smallest absolute Gasteiger partial charge is 0.222 e. The number of aryl methyl sites for hydroxylation is 2. The second-order valence-corrected chi connectivity index (χ2v) is 7.24. The van der Waals surface area contributed by atoms with E-state index in [-0.39, 0.29) is 12.0 Å². The Balaban J connectivity index is 1.84. The highest BCUT2D eigenvalue weighted by atomic mass is 15.1. The maximum atomic E-state index is 9.54. The van der Waals surface area contributed by atoms with E-state index in [1.807, 2.05) is 55.1 Å². The van der Waals surface area contributed by atoms with Crippen LogP contribution in [0, 0.1) is 18.3 Å². The van der Waals surface area contributed by atoms with Gasteiger partial charge in [-0.15, -0.1) is 0 Å². The Bertz CT molecular complexity index is 1280. The lowest BCUT2D eigenvalue weighted by atomic mass is 9.99. The van der Waals surface area contributed by atoms with Crippen molar-refractivity contribution in [1.29, 1.82) is 5.26 Å². The number of nitrogens with zero attached hydrogens (tertiary/aromatic N) is 5. The molecule has 8 nitrogen and oxygen atoms in total. The molecule has 0 saturated carbocycles. The topological polar surface area (TPSA) is 131 Å². The van der Waals surface area contributed by atoms with Crippen molar-refractivity contribution in [3.8, 4) is 17.2 Å². The fourth-order valence-corrected chi connectivity index (χ4v) is 3.53. The Labute approximate surface area is 174 Å². The van der Waals surface area contributed by atoms with Crippen LogP contribution in [-0.4, -0.2) is 19.5 Å². The Kier molecular flexibility index (Phi) is 4.72. The van der Waals surface area contributed by atoms with Crippen LogP contribution in [0.3, 0.4) is 0 Å². The van der Waals surface area contributed by atoms with Gasteiger partial charge in [0.15, 0.2) is 0 Å². The molecule has 5 N–H and O–H groups in total. The zero-order valence-corrected chi connectivity index (χ0v) is 17.0. The number of hydrogen-bond acceptors (Lipinski definition) is 7. The lowest BCUT2D eigenvalue weighted by molar-refractivity contribution is 0.837. The van der Waals surface area contributed by atoms with Gasteiger partial charge in [0.2, 0.25) is 5.95 Å². The number of fused-ring (bicyclic) bond motifs is 1. The first-order valence-electron chi connectivity index (χ1n) is 9.50. The van der Waals surface area contributed by atoms with Gasteiger partial charge in [-0.2, -0.15) is 10.2 Å². The zero-order chi connectivity index (χ0) is 21.4. The minimum absolute atomic E-state index is 0.117. The van der Waals surface area contributed by atoms with Crippen LogP contribution >= 0.6 is 0 Å². The summed E-state index contributed by atoms with van der Waals surface area (Å²) in [5.74, 6) is 0.514. The van der Waals surface area contributed by atoms with E-state index in [0.717, 1.165) is 27.9 Å². The van der Waals surface area contributed by atoms with E-state index < -0.39 is 0 Å². The van der Waals surface area contributed by atoms with Crippen LogP contribution in [0.1, 0.15) is 29.9 Å². The number of nitrogens with two attached hydrogens (primary N) is 2. The van der Waals surface area contributed by atoms with Crippen LogP contribution in [0.15, 0.2) is 42.6 Å². The summed E-state index contributed by atoms with van der Waals surface area (Å²) >= 11 is 0. The molecule has 0 spiro atoms. The summed E-state index contributed by atoms with van der Waals surface area (Å²) in [5.41, 5.74) is 18.0. The Hall–Kier alpha value is -4.12. The Morgan fingerprint density at radius 2 is 1.83 bits per heavy atom. The first kappa shape index (κ1) is 19.2. The van der Waals surface area contributed by atoms with Gasteiger partial charge >= 0.3 is 0 Å². The van der Waals surface area contributed by atoms with E-state index in [2.05, 4.69) is 27.4 Å². The van der Waals surface area contributed by atoms with E-state index >= 15 is 0 Å². The average molecular weight is 398 g/mol. The van der Waals surface area contributed by atoms with Crippen molar-refractivity contribution in [2.24, 2.45) is 7.05 Å². The molecule has 150 valence electrons. The molecule has 3 aromatic heterocycles. The second kappa shape index (κ2) is 7.37. The standard InChI is InChI=1S/C22H22N8/c1-12-17(11-23)21(29-22(25)27-12)26-13(2)20-16(14-4-6-15(24)7-5-14)10-19-18(28-20)8-9-30(19)3/h4-10,13H,24H2,1-3H3,(H3,25,26,27,29)/t13-/m0/s1. The SMILES string of the molecule is Cc1nc(N)nc(N[C@@H](C)c2nc3ccn(C)c3cc2-c2ccc(N)cc2)c1C#N. The van der Waals surface area contributed by atoms with Crippen molar-refractivity contribution in [1.82, 2.24) is 19.5 Å². The van der Waals surface area contributed by atoms with Crippen LogP contribution in [0.25, 0.3) is 22.2 Å². The molecule has 30 heavy (non-hydrogen) atoms. The van der Waals surface area contributed by atoms with Gasteiger partial charge in [0, 0.05) is 24.5 Å². The molecular weight excluding hydrogens is 376 g/mol. The van der Waals surface area contributed by atoms with E-state index in [1.165, 1.54) is 0 Å². The maximum Gasteiger partial charge on any atom is 0.222 e. The monoisotopic (exact) mass is 398 g/mol. The molecule has 4 aromatic rings. The Morgan fingerprint density at radius 3 is 2.53 bits per heavy atom. The molecule has 0 fully saturated rings. The number of pyridine rings is 1. The summed E-state index contributed by atoms with van der Waals surface area (Å²) in [4.78, 5) is 13.2. The number of benzene rings is 1. The van der Waals surface area contributed by atoms with Crippen LogP contribution in [-0.2, 0) is 7.05 Å². The van der Waals surface area contributed by atoms with Crippen molar-refractivity contribution in [2.45, 2.75) is 19.9 Å². The van der Waals surface area contributed by atoms with Gasteiger partial charge < -0.3 is 21.4 Å². The fourth-order valence-electron chi connectivity index (χ4n) is 3.53. The van der Waals surface area contributed by atoms with Crippen LogP contribution in [0.4, 0.5) is 17.5 Å². The van der Waals surface area contributed by atoms with E-state index in [1.54, 1.807) is 6.92 Å². The summed E-state index contributed by atoms with van der Waals surface area (Å²) in [6, 6.07) is 13.7. The first-order chi connectivity index (χ1) is 14.4. The molecule has 3 heterocycles. The van der Waals surface area contributed by atoms with Gasteiger partial charge in [0.1, 0.15) is 17.5 Å². The highest BCUT2D eigenvalue weighted by molar-refractivity contribution is 5.84. The highest BCUT2D eigenvalue weighted by Gasteiger charge is 2.19. The minimum atomic E-state index is -0.247. The molecule has 0 unspecified atom stereocenters. The lowest BCUT2D eigenvalue weighted by Crippen LogP contribution is -2.14. The average Bonchev–Trinajstić information content (AvgIpc) is 3.07. The third kappa shape index (κ3) is 3.37. The molecule has 0 radical (unpaired) electrons. The molecule has 0 aliphatic carbocycles. The molecule has 1 atom stereocenters. The van der Waals surface area contributed by atoms with Gasteiger partial charge in [0.05, 0.1) is 28.5 Å². The van der Waals surface area contributed by atoms with Gasteiger partial charge in [-0.05, 0) is 43.7 Å². The van der Waals surface area contributed by atoms with Crippen molar-refractivity contribution in [3.05, 3.63) is 59.5 Å². The number of nitriles is 1. The number of aromatic nitrogens is 4. The highest BCUT2D eigenvalue weighted by Crippen LogP contribution is 2.33. The van der Waals surface area contributed by atoms with Crippen molar-refractivity contribution in [3.63, 3.8) is 0 Å². The van der Waals surface area contributed by atoms with E-state index in [9.17, 15) is 5.26 Å². The van der Waals surface area contributed by atoms with Crippen LogP contribution in [0.5, 0.6) is 0 Å². The predicted molar refractivity (Wildman–Crippen MR) is 118 cm³/mol. The number of anilines is 3. The van der Waals surface area contributed by atoms with Gasteiger partial charge in [-0.3, -0.25) is 0 Å². The third-order valence-electron chi connectivity index (χ3n) is 5.10. The Morgan fingerprint density at radius 1 is 1.10 bits per heavy atom. The fraction of sp³-hybridized carbons (Fsp3) is 0.182. The van der Waals surface area contributed by atoms with Gasteiger partial charge in [-0.1, -0.05) is 12.1 Å². The molecule has 0 saturated heterocycles. The lowest BCUT2D eigenvalue weighted by Gasteiger charge is -2.19. The third-order valence-corrected chi connectivity index (χ3v) is 5.10. The summed E-state index contributed by atoms with van der Waals surface area (Å²) in [6.07, 6.45) is 1.98. The van der Waals surface area contributed by atoms with Crippen molar-refractivity contribution < 1.29 is 0 Å². The number of nitrogens with one attached hydrogen (secondary N) is 1. The first-order valence-corrected chi connectivity index (χ1v) is 9.50. The van der Waals surface area contributed by atoms with Gasteiger partial charge in [0.25, 0.3) is 0 Å². The summed E-state index contributed by atoms with van der Waals surface area (Å²) < 4.78 is 2.03. The summed E-state index contributed by atoms with van der Waals surface area (Å²) in [7, 11) is 1.99. The number of nitrogen functional groups attached to an aromatic ring is 2. The molecule has 8 heteroatoms. The molecule has 0 bridgehead atoms. The summed E-state index contributed by atoms with van der Waals surface area (Å²) in [5, 5.41) is 12.8. The normalized spacial score (nSPS) is 11.9. The molecule has 0 aliphatic rings. The van der Waals surface area contributed by atoms with Gasteiger partial charge in [-0.25, -0.2) is 9.97 Å². The molecule has 1 aromatic carbocycles. The van der Waals surface area contributed by atoms with E-state index in [0.29, 0.717) is 22.8 Å². The van der Waals surface area contributed by atoms with E-state index in [4.69, 9.17) is 16.5 Å². The molecule has 0 aliphatic heterocycles. The molecule has 0 amide bonds. The number of hydrogen-bond donors (Lipinski definition) is 3. The van der Waals surface area contributed by atoms with Crippen molar-refractivity contribution >= 4 is 28.5 Å². The van der Waals surface area contributed by atoms with Crippen molar-refractivity contribution in [2.75, 3.05) is 16.8 Å². The second-order valence-electron chi connectivity index (χ2n) is 7.24. The van der Waals surface area contributed by atoms with Crippen LogP contribution < -0.4 is 16.8 Å². The molecule has 4 rings (SSSR count). The molecular formula is C22H22N8. The van der Waals surface area contributed by atoms with Crippen LogP contribution in [0.2, 0.25) is 0 Å². The zero-order valence-electron chi connectivity index (χ0n) is 17.0.